The topological polar surface area (TPSA) is 146 Å². The molecule has 10 atom stereocenters. The largest absolute Gasteiger partial charge is 0.493 e. The van der Waals surface area contributed by atoms with Gasteiger partial charge in [0, 0.05) is 76.3 Å². The molecule has 2 aromatic carbocycles. The molecule has 2 aromatic rings. The number of quaternary nitrogens is 2. The quantitative estimate of drug-likeness (QED) is 0.151. The summed E-state index contributed by atoms with van der Waals surface area (Å²) in [5.74, 6) is -1.38. The minimum atomic E-state index is -1.30. The average molecular weight is 749 g/mol. The number of benzene rings is 2. The van der Waals surface area contributed by atoms with E-state index in [-0.39, 0.29) is 36.0 Å². The third-order valence-electron chi connectivity index (χ3n) is 15.1. The molecule has 4 bridgehead atoms. The van der Waals surface area contributed by atoms with Crippen LogP contribution in [0.15, 0.2) is 36.4 Å². The first kappa shape index (κ1) is 38.1. The summed E-state index contributed by atoms with van der Waals surface area (Å²) < 4.78 is 23.3. The van der Waals surface area contributed by atoms with E-state index in [0.717, 1.165) is 58.9 Å². The van der Waals surface area contributed by atoms with Crippen molar-refractivity contribution in [2.75, 3.05) is 28.3 Å². The fraction of sp³-hybridized carbons (Fsp3) is 0.619. The van der Waals surface area contributed by atoms with Gasteiger partial charge in [0.15, 0.2) is 23.0 Å². The predicted molar refractivity (Wildman–Crippen MR) is 197 cm³/mol. The summed E-state index contributed by atoms with van der Waals surface area (Å²) in [5, 5.41) is 22.5. The summed E-state index contributed by atoms with van der Waals surface area (Å²) in [6, 6.07) is 12.2. The maximum atomic E-state index is 13.8. The van der Waals surface area contributed by atoms with Crippen molar-refractivity contribution in [3.05, 3.63) is 47.5 Å². The van der Waals surface area contributed by atoms with Crippen LogP contribution in [-0.4, -0.2) is 95.5 Å². The number of methoxy groups -OCH3 is 2. The SMILES string of the molecule is COc1cc(C[N+]2(C)[C@@H]3CC[C@H]2CC(C2(C(=O)O)CCC2(C(=O)O)C2C[C@H]4CC[C@@H](C2)[N+]4(C)Cc2ccc(OC(C)=O)c(OC)c2)C3)ccc1OC(C)=O. The van der Waals surface area contributed by atoms with Crippen molar-refractivity contribution in [3.63, 3.8) is 0 Å². The molecule has 6 unspecified atom stereocenters. The second-order valence-electron chi connectivity index (χ2n) is 17.3. The Kier molecular flexibility index (Phi) is 9.78. The number of hydrogen-bond donors (Lipinski definition) is 2. The highest BCUT2D eigenvalue weighted by atomic mass is 16.6. The molecule has 1 aliphatic carbocycles. The fourth-order valence-electron chi connectivity index (χ4n) is 12.4. The molecule has 0 spiro atoms. The lowest BCUT2D eigenvalue weighted by Crippen LogP contribution is -2.71. The van der Waals surface area contributed by atoms with E-state index in [4.69, 9.17) is 18.9 Å². The van der Waals surface area contributed by atoms with Crippen molar-refractivity contribution >= 4 is 23.9 Å². The number of carbonyl (C=O) groups excluding carboxylic acids is 2. The number of aliphatic carboxylic acids is 2. The molecule has 54 heavy (non-hydrogen) atoms. The Bertz CT molecular complexity index is 1690. The number of carbonyl (C=O) groups is 4. The molecule has 4 aliphatic heterocycles. The zero-order valence-corrected chi connectivity index (χ0v) is 32.5. The summed E-state index contributed by atoms with van der Waals surface area (Å²) in [6.07, 6.45) is 7.49. The van der Waals surface area contributed by atoms with Crippen LogP contribution in [0.1, 0.15) is 89.2 Å². The summed E-state index contributed by atoms with van der Waals surface area (Å²) in [5.41, 5.74) is -0.501. The van der Waals surface area contributed by atoms with Crippen LogP contribution in [0.4, 0.5) is 0 Å². The van der Waals surface area contributed by atoms with Crippen LogP contribution in [0.3, 0.4) is 0 Å². The third-order valence-corrected chi connectivity index (χ3v) is 15.1. The first-order valence-electron chi connectivity index (χ1n) is 19.5. The molecule has 0 radical (unpaired) electrons. The number of carboxylic acids is 2. The van der Waals surface area contributed by atoms with Gasteiger partial charge in [-0.3, -0.25) is 19.2 Å². The molecule has 2 N–H and O–H groups in total. The molecule has 7 rings (SSSR count). The first-order valence-corrected chi connectivity index (χ1v) is 19.5. The lowest BCUT2D eigenvalue weighted by Gasteiger charge is -2.64. The number of nitrogens with zero attached hydrogens (tertiary/aromatic N) is 2. The summed E-state index contributed by atoms with van der Waals surface area (Å²) >= 11 is 0. The smallest absolute Gasteiger partial charge is 0.311 e. The van der Waals surface area contributed by atoms with Crippen molar-refractivity contribution in [1.82, 2.24) is 0 Å². The summed E-state index contributed by atoms with van der Waals surface area (Å²) in [4.78, 5) is 50.8. The molecule has 0 aromatic heterocycles. The van der Waals surface area contributed by atoms with Crippen LogP contribution < -0.4 is 18.9 Å². The second-order valence-corrected chi connectivity index (χ2v) is 17.3. The molecule has 4 heterocycles. The molecule has 12 nitrogen and oxygen atoms in total. The first-order chi connectivity index (χ1) is 25.6. The van der Waals surface area contributed by atoms with Crippen LogP contribution >= 0.6 is 0 Å². The number of esters is 2. The standard InChI is InChI=1S/C42H54N2O10/c1-25(45)53-35-13-7-27(17-37(35)51-5)23-43(3)31-9-10-32(43)20-29(19-31)41(39(47)48)15-16-42(41,40(49)50)30-21-33-11-12-34(22-30)44(33,4)24-28-8-14-36(54-26(2)46)38(18-28)52-6/h7-8,13-14,17-18,29-34H,9-12,15-16,19-24H2,1-6H3/p+2/t29?,30?,31-,32+,33-,34+,41?,42?,43?,44?. The van der Waals surface area contributed by atoms with E-state index in [1.807, 2.05) is 24.3 Å². The van der Waals surface area contributed by atoms with Gasteiger partial charge in [0.2, 0.25) is 0 Å². The van der Waals surface area contributed by atoms with E-state index < -0.39 is 34.7 Å². The van der Waals surface area contributed by atoms with Gasteiger partial charge in [-0.25, -0.2) is 0 Å². The maximum absolute atomic E-state index is 13.8. The molecule has 5 aliphatic rings. The minimum absolute atomic E-state index is 0.211. The van der Waals surface area contributed by atoms with Gasteiger partial charge in [-0.1, -0.05) is 0 Å². The molecular formula is C42H56N2O10+2. The number of hydrogen-bond acceptors (Lipinski definition) is 8. The van der Waals surface area contributed by atoms with Crippen molar-refractivity contribution in [1.29, 1.82) is 0 Å². The Labute approximate surface area is 317 Å². The Morgan fingerprint density at radius 3 is 1.20 bits per heavy atom. The van der Waals surface area contributed by atoms with E-state index >= 15 is 0 Å². The lowest BCUT2D eigenvalue weighted by molar-refractivity contribution is -0.963. The number of fused-ring (bicyclic) bond motifs is 4. The molecule has 0 amide bonds. The highest BCUT2D eigenvalue weighted by Gasteiger charge is 2.76. The number of piperidine rings is 2. The Hall–Kier alpha value is -4.16. The van der Waals surface area contributed by atoms with Crippen molar-refractivity contribution in [3.8, 4) is 23.0 Å². The molecule has 1 saturated carbocycles. The van der Waals surface area contributed by atoms with Crippen LogP contribution in [-0.2, 0) is 32.3 Å². The van der Waals surface area contributed by atoms with Crippen LogP contribution in [0.5, 0.6) is 23.0 Å². The van der Waals surface area contributed by atoms with Gasteiger partial charge >= 0.3 is 23.9 Å². The molecule has 292 valence electrons. The fourth-order valence-corrected chi connectivity index (χ4v) is 12.4. The molecule has 12 heteroatoms. The van der Waals surface area contributed by atoms with Gasteiger partial charge in [0.05, 0.1) is 63.3 Å². The van der Waals surface area contributed by atoms with Gasteiger partial charge in [0.1, 0.15) is 13.1 Å². The monoisotopic (exact) mass is 748 g/mol. The Balaban J connectivity index is 1.12. The predicted octanol–water partition coefficient (Wildman–Crippen LogP) is 5.97. The molecule has 4 saturated heterocycles. The van der Waals surface area contributed by atoms with Crippen molar-refractivity contribution in [2.45, 2.75) is 115 Å². The van der Waals surface area contributed by atoms with Gasteiger partial charge in [-0.2, -0.15) is 0 Å². The second kappa shape index (κ2) is 13.8. The summed E-state index contributed by atoms with van der Waals surface area (Å²) in [6.45, 7) is 4.17. The van der Waals surface area contributed by atoms with Gasteiger partial charge in [-0.15, -0.1) is 0 Å². The van der Waals surface area contributed by atoms with Crippen LogP contribution in [0.2, 0.25) is 0 Å². The van der Waals surface area contributed by atoms with E-state index in [1.165, 1.54) is 13.8 Å². The van der Waals surface area contributed by atoms with Gasteiger partial charge < -0.3 is 38.1 Å². The highest BCUT2D eigenvalue weighted by molar-refractivity contribution is 5.89. The van der Waals surface area contributed by atoms with Gasteiger partial charge in [-0.05, 0) is 61.1 Å². The Morgan fingerprint density at radius 1 is 0.611 bits per heavy atom. The maximum Gasteiger partial charge on any atom is 0.311 e. The normalized spacial score (nSPS) is 36.5. The third kappa shape index (κ3) is 5.86. The number of carboxylic acid groups (broad SMARTS) is 2. The Morgan fingerprint density at radius 2 is 0.944 bits per heavy atom. The van der Waals surface area contributed by atoms with E-state index in [9.17, 15) is 29.4 Å². The van der Waals surface area contributed by atoms with E-state index in [1.54, 1.807) is 26.4 Å². The van der Waals surface area contributed by atoms with Gasteiger partial charge in [0.25, 0.3) is 0 Å². The lowest BCUT2D eigenvalue weighted by atomic mass is 9.38. The van der Waals surface area contributed by atoms with E-state index in [2.05, 4.69) is 14.1 Å². The number of rotatable bonds is 12. The summed E-state index contributed by atoms with van der Waals surface area (Å²) in [7, 11) is 7.64. The molecule has 5 fully saturated rings. The minimum Gasteiger partial charge on any atom is -0.493 e. The van der Waals surface area contributed by atoms with Crippen LogP contribution in [0.25, 0.3) is 0 Å². The average Bonchev–Trinajstić information content (AvgIpc) is 3.33. The van der Waals surface area contributed by atoms with Crippen LogP contribution in [0, 0.1) is 22.7 Å². The zero-order chi connectivity index (χ0) is 38.8. The van der Waals surface area contributed by atoms with Crippen molar-refractivity contribution < 1.29 is 57.3 Å². The van der Waals surface area contributed by atoms with Crippen molar-refractivity contribution in [2.24, 2.45) is 22.7 Å². The van der Waals surface area contributed by atoms with E-state index in [0.29, 0.717) is 61.5 Å². The molecular weight excluding hydrogens is 692 g/mol. The number of ether oxygens (including phenoxy) is 4. The zero-order valence-electron chi connectivity index (χ0n) is 32.5. The highest BCUT2D eigenvalue weighted by Crippen LogP contribution is 2.71.